The summed E-state index contributed by atoms with van der Waals surface area (Å²) in [6.07, 6.45) is 4.20. The molecule has 1 aliphatic rings. The van der Waals surface area contributed by atoms with Crippen LogP contribution in [0.5, 0.6) is 0 Å². The van der Waals surface area contributed by atoms with Crippen LogP contribution in [-0.2, 0) is 21.9 Å². The normalized spacial score (nSPS) is 15.6. The highest BCUT2D eigenvalue weighted by molar-refractivity contribution is 7.91. The second-order valence-corrected chi connectivity index (χ2v) is 10.5. The molecule has 0 aliphatic carbocycles. The Labute approximate surface area is 184 Å². The number of piperidine rings is 1. The van der Waals surface area contributed by atoms with Gasteiger partial charge in [0.15, 0.2) is 5.82 Å². The first kappa shape index (κ1) is 21.4. The largest absolute Gasteiger partial charge is 0.331 e. The van der Waals surface area contributed by atoms with Crippen LogP contribution in [0.15, 0.2) is 58.4 Å². The standard InChI is InChI=1S/C21H22N4O4S2/c1-24-13-10-22-20(24)19(26)15-4-6-17(7-5-15)23-21(27)16-8-11-25(12-9-16)31(28,29)18-3-2-14-30-18/h2-7,10,13-14,16H,8-9,11-12H2,1H3,(H,23,27). The predicted octanol–water partition coefficient (Wildman–Crippen LogP) is 2.75. The number of carbonyl (C=O) groups excluding carboxylic acids is 2. The van der Waals surface area contributed by atoms with Crippen molar-refractivity contribution >= 4 is 38.7 Å². The molecule has 4 rings (SSSR count). The molecule has 0 radical (unpaired) electrons. The van der Waals surface area contributed by atoms with Crippen molar-refractivity contribution in [2.75, 3.05) is 18.4 Å². The summed E-state index contributed by atoms with van der Waals surface area (Å²) < 4.78 is 28.7. The van der Waals surface area contributed by atoms with Gasteiger partial charge >= 0.3 is 0 Å². The zero-order chi connectivity index (χ0) is 22.0. The third-order valence-electron chi connectivity index (χ3n) is 5.35. The maximum absolute atomic E-state index is 12.6. The Kier molecular flexibility index (Phi) is 6.03. The number of sulfonamides is 1. The van der Waals surface area contributed by atoms with Crippen molar-refractivity contribution in [1.29, 1.82) is 0 Å². The molecule has 1 fully saturated rings. The average Bonchev–Trinajstić information content (AvgIpc) is 3.46. The van der Waals surface area contributed by atoms with Gasteiger partial charge in [0.05, 0.1) is 0 Å². The second-order valence-electron chi connectivity index (χ2n) is 7.37. The number of anilines is 1. The number of nitrogens with one attached hydrogen (secondary N) is 1. The number of nitrogens with zero attached hydrogens (tertiary/aromatic N) is 3. The Bertz CT molecular complexity index is 1180. The summed E-state index contributed by atoms with van der Waals surface area (Å²) >= 11 is 1.20. The summed E-state index contributed by atoms with van der Waals surface area (Å²) in [7, 11) is -1.72. The van der Waals surface area contributed by atoms with Crippen LogP contribution in [0, 0.1) is 5.92 Å². The summed E-state index contributed by atoms with van der Waals surface area (Å²) in [4.78, 5) is 29.2. The maximum atomic E-state index is 12.6. The summed E-state index contributed by atoms with van der Waals surface area (Å²) in [6.45, 7) is 0.630. The van der Waals surface area contributed by atoms with Gasteiger partial charge in [-0.2, -0.15) is 4.31 Å². The predicted molar refractivity (Wildman–Crippen MR) is 118 cm³/mol. The summed E-state index contributed by atoms with van der Waals surface area (Å²) in [5, 5.41) is 4.61. The van der Waals surface area contributed by atoms with Gasteiger partial charge in [-0.15, -0.1) is 11.3 Å². The molecule has 1 N–H and O–H groups in total. The van der Waals surface area contributed by atoms with E-state index in [2.05, 4.69) is 10.3 Å². The molecule has 2 aromatic heterocycles. The van der Waals surface area contributed by atoms with Crippen molar-refractivity contribution in [3.8, 4) is 0 Å². The lowest BCUT2D eigenvalue weighted by Crippen LogP contribution is -2.41. The minimum absolute atomic E-state index is 0.142. The molecule has 3 heterocycles. The van der Waals surface area contributed by atoms with Crippen molar-refractivity contribution < 1.29 is 18.0 Å². The van der Waals surface area contributed by atoms with Crippen molar-refractivity contribution in [3.05, 3.63) is 65.6 Å². The van der Waals surface area contributed by atoms with Gasteiger partial charge in [-0.3, -0.25) is 9.59 Å². The first-order valence-corrected chi connectivity index (χ1v) is 12.1. The fraction of sp³-hybridized carbons (Fsp3) is 0.286. The van der Waals surface area contributed by atoms with Gasteiger partial charge in [0.1, 0.15) is 4.21 Å². The maximum Gasteiger partial charge on any atom is 0.252 e. The van der Waals surface area contributed by atoms with E-state index in [0.717, 1.165) is 0 Å². The minimum atomic E-state index is -3.48. The van der Waals surface area contributed by atoms with E-state index in [1.54, 1.807) is 65.8 Å². The Hall–Kier alpha value is -2.82. The summed E-state index contributed by atoms with van der Waals surface area (Å²) in [5.41, 5.74) is 1.08. The van der Waals surface area contributed by atoms with Gasteiger partial charge in [0, 0.05) is 49.7 Å². The van der Waals surface area contributed by atoms with Gasteiger partial charge in [-0.1, -0.05) is 6.07 Å². The number of rotatable bonds is 6. The van der Waals surface area contributed by atoms with Crippen molar-refractivity contribution in [2.45, 2.75) is 17.1 Å². The van der Waals surface area contributed by atoms with Crippen LogP contribution in [-0.4, -0.2) is 47.1 Å². The Balaban J connectivity index is 1.34. The lowest BCUT2D eigenvalue weighted by molar-refractivity contribution is -0.120. The smallest absolute Gasteiger partial charge is 0.252 e. The molecule has 0 atom stereocenters. The number of hydrogen-bond donors (Lipinski definition) is 1. The zero-order valence-corrected chi connectivity index (χ0v) is 18.5. The fourth-order valence-corrected chi connectivity index (χ4v) is 6.17. The molecule has 1 saturated heterocycles. The van der Waals surface area contributed by atoms with Crippen LogP contribution in [0.2, 0.25) is 0 Å². The summed E-state index contributed by atoms with van der Waals surface area (Å²) in [6, 6.07) is 9.99. The highest BCUT2D eigenvalue weighted by Crippen LogP contribution is 2.27. The monoisotopic (exact) mass is 458 g/mol. The van der Waals surface area contributed by atoms with Crippen molar-refractivity contribution in [2.24, 2.45) is 13.0 Å². The van der Waals surface area contributed by atoms with E-state index >= 15 is 0 Å². The molecule has 0 spiro atoms. The first-order valence-electron chi connectivity index (χ1n) is 9.83. The molecule has 1 amide bonds. The highest BCUT2D eigenvalue weighted by atomic mass is 32.2. The van der Waals surface area contributed by atoms with Gasteiger partial charge in [0.25, 0.3) is 10.0 Å². The Morgan fingerprint density at radius 3 is 2.42 bits per heavy atom. The summed E-state index contributed by atoms with van der Waals surface area (Å²) in [5.74, 6) is -0.245. The SMILES string of the molecule is Cn1ccnc1C(=O)c1ccc(NC(=O)C2CCN(S(=O)(=O)c3cccs3)CC2)cc1. The molecule has 1 aromatic carbocycles. The van der Waals surface area contributed by atoms with E-state index in [1.165, 1.54) is 15.6 Å². The molecule has 8 nitrogen and oxygen atoms in total. The third kappa shape index (κ3) is 4.46. The molecule has 0 saturated carbocycles. The lowest BCUT2D eigenvalue weighted by Gasteiger charge is -2.30. The number of aryl methyl sites for hydroxylation is 1. The average molecular weight is 459 g/mol. The van der Waals surface area contributed by atoms with E-state index in [9.17, 15) is 18.0 Å². The third-order valence-corrected chi connectivity index (χ3v) is 8.62. The fourth-order valence-electron chi connectivity index (χ4n) is 3.56. The Morgan fingerprint density at radius 1 is 1.13 bits per heavy atom. The van der Waals surface area contributed by atoms with E-state index in [-0.39, 0.29) is 17.6 Å². The highest BCUT2D eigenvalue weighted by Gasteiger charge is 2.32. The van der Waals surface area contributed by atoms with Crippen molar-refractivity contribution in [3.63, 3.8) is 0 Å². The number of benzene rings is 1. The number of imidazole rings is 1. The van der Waals surface area contributed by atoms with Gasteiger partial charge < -0.3 is 9.88 Å². The molecule has 3 aromatic rings. The van der Waals surface area contributed by atoms with Crippen LogP contribution in [0.25, 0.3) is 0 Å². The van der Waals surface area contributed by atoms with Crippen LogP contribution < -0.4 is 5.32 Å². The quantitative estimate of drug-likeness (QED) is 0.573. The molecule has 1 aliphatic heterocycles. The van der Waals surface area contributed by atoms with E-state index < -0.39 is 10.0 Å². The number of hydrogen-bond acceptors (Lipinski definition) is 6. The molecule has 31 heavy (non-hydrogen) atoms. The van der Waals surface area contributed by atoms with Crippen LogP contribution >= 0.6 is 11.3 Å². The molecule has 0 bridgehead atoms. The van der Waals surface area contributed by atoms with Gasteiger partial charge in [0.2, 0.25) is 11.7 Å². The van der Waals surface area contributed by atoms with E-state index in [0.29, 0.717) is 47.2 Å². The lowest BCUT2D eigenvalue weighted by atomic mass is 9.97. The molecular weight excluding hydrogens is 436 g/mol. The van der Waals surface area contributed by atoms with Crippen molar-refractivity contribution in [1.82, 2.24) is 13.9 Å². The van der Waals surface area contributed by atoms with Gasteiger partial charge in [-0.25, -0.2) is 13.4 Å². The number of ketones is 1. The first-order chi connectivity index (χ1) is 14.9. The number of thiophene rings is 1. The van der Waals surface area contributed by atoms with E-state index in [1.807, 2.05) is 0 Å². The van der Waals surface area contributed by atoms with Crippen LogP contribution in [0.4, 0.5) is 5.69 Å². The zero-order valence-electron chi connectivity index (χ0n) is 16.9. The topological polar surface area (TPSA) is 101 Å². The number of carbonyl (C=O) groups is 2. The number of amides is 1. The Morgan fingerprint density at radius 2 is 1.84 bits per heavy atom. The second kappa shape index (κ2) is 8.74. The molecular formula is C21H22N4O4S2. The van der Waals surface area contributed by atoms with Crippen LogP contribution in [0.3, 0.4) is 0 Å². The molecule has 10 heteroatoms. The number of aromatic nitrogens is 2. The minimum Gasteiger partial charge on any atom is -0.331 e. The molecule has 0 unspecified atom stereocenters. The van der Waals surface area contributed by atoms with Gasteiger partial charge in [-0.05, 0) is 48.6 Å². The molecule has 162 valence electrons. The van der Waals surface area contributed by atoms with E-state index in [4.69, 9.17) is 0 Å². The van der Waals surface area contributed by atoms with Crippen LogP contribution in [0.1, 0.15) is 29.0 Å².